The Morgan fingerprint density at radius 2 is 0.540 bits per heavy atom. The fourth-order valence-corrected chi connectivity index (χ4v) is 16.1. The number of hydrogen-bond acceptors (Lipinski definition) is 10. The van der Waals surface area contributed by atoms with Crippen LogP contribution in [0.3, 0.4) is 0 Å². The number of halogens is 10. The van der Waals surface area contributed by atoms with Gasteiger partial charge in [-0.05, 0) is 178 Å². The van der Waals surface area contributed by atoms with Crippen LogP contribution in [0.25, 0.3) is 44.5 Å². The minimum atomic E-state index is -0.535. The molecule has 4 aromatic carbocycles. The molecule has 4 saturated carbocycles. The molecule has 4 aliphatic carbocycles. The van der Waals surface area contributed by atoms with Gasteiger partial charge in [-0.25, -0.2) is 55.1 Å². The molecule has 2 N–H and O–H groups in total. The molecule has 536 valence electrons. The van der Waals surface area contributed by atoms with Crippen LogP contribution in [0.4, 0.5) is 35.1 Å². The maximum Gasteiger partial charge on any atom is 0.213 e. The Hall–Kier alpha value is -7.38. The molecule has 0 unspecified atom stereocenters. The summed E-state index contributed by atoms with van der Waals surface area (Å²) >= 11 is 11.8. The SMILES string of the molecule is COc1cc(-c2cc(F)c(CCl)cc2[C@@H]2CCCC2(C)C)c(F)cn1.COc1cc(-c2cc(F)c(CCl)cc2[C@H]2CCCC2(C)C)c(F)cn1.COc1cc(-c2cc(F)c(CO)cc2[C@@H]2CCCC2(C)C)c(F)cn1.COc1cc(-c2cc(F)c(CO)cc2[C@H]2CCCC2(C)C)c(F)cn1. The summed E-state index contributed by atoms with van der Waals surface area (Å²) in [4.78, 5) is 15.5. The van der Waals surface area contributed by atoms with Crippen molar-refractivity contribution in [2.45, 2.75) is 181 Å². The van der Waals surface area contributed by atoms with Crippen LogP contribution >= 0.6 is 23.2 Å². The molecule has 4 atom stereocenters. The normalized spacial score (nSPS) is 19.2. The number of pyridine rings is 4. The van der Waals surface area contributed by atoms with Gasteiger partial charge in [0.25, 0.3) is 0 Å². The van der Waals surface area contributed by atoms with Crippen molar-refractivity contribution in [1.29, 1.82) is 0 Å². The van der Waals surface area contributed by atoms with Crippen molar-refractivity contribution in [2.24, 2.45) is 21.7 Å². The molecule has 0 spiro atoms. The number of aliphatic hydroxyl groups is 2. The Morgan fingerprint density at radius 3 is 0.720 bits per heavy atom. The molecule has 0 aliphatic heterocycles. The van der Waals surface area contributed by atoms with Crippen molar-refractivity contribution in [3.8, 4) is 68.0 Å². The van der Waals surface area contributed by atoms with Crippen LogP contribution in [0.15, 0.2) is 97.6 Å². The van der Waals surface area contributed by atoms with Gasteiger partial charge < -0.3 is 29.2 Å². The molecule has 0 bridgehead atoms. The van der Waals surface area contributed by atoms with Gasteiger partial charge in [0.2, 0.25) is 23.5 Å². The molecule has 4 aromatic heterocycles. The van der Waals surface area contributed by atoms with Gasteiger partial charge in [-0.15, -0.1) is 23.2 Å². The van der Waals surface area contributed by atoms with E-state index in [4.69, 9.17) is 42.1 Å². The lowest BCUT2D eigenvalue weighted by Crippen LogP contribution is -2.17. The molecular weight excluding hydrogens is 1340 g/mol. The van der Waals surface area contributed by atoms with Gasteiger partial charge in [0.1, 0.15) is 46.5 Å². The van der Waals surface area contributed by atoms with Gasteiger partial charge in [-0.1, -0.05) is 93.2 Å². The Labute approximate surface area is 592 Å². The van der Waals surface area contributed by atoms with E-state index in [9.17, 15) is 45.3 Å². The van der Waals surface area contributed by atoms with Crippen molar-refractivity contribution < 1.29 is 64.3 Å². The minimum Gasteiger partial charge on any atom is -0.481 e. The first-order valence-corrected chi connectivity index (χ1v) is 35.0. The summed E-state index contributed by atoms with van der Waals surface area (Å²) in [6.07, 6.45) is 17.0. The maximum absolute atomic E-state index is 14.5. The van der Waals surface area contributed by atoms with Gasteiger partial charge >= 0.3 is 0 Å². The van der Waals surface area contributed by atoms with Crippen LogP contribution < -0.4 is 18.9 Å². The molecule has 4 fully saturated rings. The summed E-state index contributed by atoms with van der Waals surface area (Å²) in [5, 5.41) is 18.9. The van der Waals surface area contributed by atoms with E-state index in [-0.39, 0.29) is 104 Å². The van der Waals surface area contributed by atoms with E-state index in [1.54, 1.807) is 12.1 Å². The van der Waals surface area contributed by atoms with Crippen LogP contribution in [0.1, 0.15) is 201 Å². The number of methoxy groups -OCH3 is 4. The van der Waals surface area contributed by atoms with E-state index >= 15 is 0 Å². The summed E-state index contributed by atoms with van der Waals surface area (Å²) in [6, 6.07) is 18.5. The molecule has 12 rings (SSSR count). The average molecular weight is 1430 g/mol. The molecule has 8 aromatic rings. The Kier molecular flexibility index (Phi) is 24.8. The van der Waals surface area contributed by atoms with E-state index in [1.807, 2.05) is 12.1 Å². The monoisotopic (exact) mass is 1420 g/mol. The van der Waals surface area contributed by atoms with Crippen LogP contribution in [0.5, 0.6) is 23.5 Å². The average Bonchev–Trinajstić information content (AvgIpc) is 1.40. The highest BCUT2D eigenvalue weighted by Gasteiger charge is 2.42. The summed E-state index contributed by atoms with van der Waals surface area (Å²) in [5.74, 6) is -1.79. The smallest absolute Gasteiger partial charge is 0.213 e. The van der Waals surface area contributed by atoms with E-state index in [2.05, 4.69) is 75.3 Å². The fraction of sp³-hybridized carbons (Fsp3) is 0.450. The Morgan fingerprint density at radius 1 is 0.330 bits per heavy atom. The van der Waals surface area contributed by atoms with Gasteiger partial charge in [-0.2, -0.15) is 0 Å². The summed E-state index contributed by atoms with van der Waals surface area (Å²) in [5.41, 5.74) is 8.54. The van der Waals surface area contributed by atoms with Gasteiger partial charge in [0, 0.05) is 68.8 Å². The van der Waals surface area contributed by atoms with Crippen LogP contribution in [0.2, 0.25) is 0 Å². The number of alkyl halides is 2. The van der Waals surface area contributed by atoms with Crippen molar-refractivity contribution in [1.82, 2.24) is 19.9 Å². The lowest BCUT2D eigenvalue weighted by Gasteiger charge is -2.30. The molecule has 0 saturated heterocycles. The van der Waals surface area contributed by atoms with Crippen molar-refractivity contribution in [3.05, 3.63) is 189 Å². The van der Waals surface area contributed by atoms with Crippen LogP contribution in [-0.2, 0) is 25.0 Å². The number of benzene rings is 4. The molecule has 4 heterocycles. The zero-order valence-electron chi connectivity index (χ0n) is 59.0. The van der Waals surface area contributed by atoms with E-state index < -0.39 is 46.5 Å². The minimum absolute atomic E-state index is 0.0346. The molecule has 10 nitrogen and oxygen atoms in total. The summed E-state index contributed by atoms with van der Waals surface area (Å²) in [7, 11) is 5.87. The molecule has 100 heavy (non-hydrogen) atoms. The third-order valence-electron chi connectivity index (χ3n) is 21.4. The highest BCUT2D eigenvalue weighted by atomic mass is 35.5. The second kappa shape index (κ2) is 32.3. The first kappa shape index (κ1) is 76.8. The molecule has 20 heteroatoms. The van der Waals surface area contributed by atoms with Crippen molar-refractivity contribution >= 4 is 23.2 Å². The summed E-state index contributed by atoms with van der Waals surface area (Å²) < 4.78 is 136. The molecule has 4 aliphatic rings. The fourth-order valence-electron chi connectivity index (χ4n) is 15.6. The Bertz CT molecular complexity index is 3700. The number of aromatic nitrogens is 4. The second-order valence-corrected chi connectivity index (χ2v) is 29.8. The number of hydrogen-bond donors (Lipinski definition) is 2. The number of aliphatic hydroxyl groups excluding tert-OH is 2. The zero-order valence-corrected chi connectivity index (χ0v) is 60.5. The lowest BCUT2D eigenvalue weighted by atomic mass is 9.75. The van der Waals surface area contributed by atoms with E-state index in [1.165, 1.54) is 77.0 Å². The van der Waals surface area contributed by atoms with Crippen LogP contribution in [-0.4, -0.2) is 58.6 Å². The first-order valence-electron chi connectivity index (χ1n) is 33.9. The quantitative estimate of drug-likeness (QED) is 0.0713. The predicted octanol–water partition coefficient (Wildman–Crippen LogP) is 21.8. The molecular formula is C80H90Cl2F8N4O6. The third kappa shape index (κ3) is 16.7. The van der Waals surface area contributed by atoms with Gasteiger partial charge in [0.05, 0.1) is 78.2 Å². The zero-order chi connectivity index (χ0) is 72.8. The van der Waals surface area contributed by atoms with E-state index in [0.717, 1.165) is 124 Å². The largest absolute Gasteiger partial charge is 0.481 e. The highest BCUT2D eigenvalue weighted by molar-refractivity contribution is 6.17. The summed E-state index contributed by atoms with van der Waals surface area (Å²) in [6.45, 7) is 16.8. The van der Waals surface area contributed by atoms with Crippen LogP contribution in [0, 0.1) is 68.2 Å². The molecule has 0 amide bonds. The standard InChI is InChI=1S/2C20H22ClF2NO.2C20H23F2NO2/c2*1-20(2)6-4-5-16(20)14-7-12(10-21)17(22)8-13(14)15-9-19(25-3)24-11-18(15)23;2*1-20(2)6-4-5-16(20)14-7-12(11-24)17(21)8-13(14)15-9-19(25-3)23-10-18(15)22/h2*7-9,11,16H,4-6,10H2,1-3H3;2*7-10,16,24H,4-6,11H2,1-3H3/t4*16-/m1010/s1. The number of nitrogens with zero attached hydrogens (tertiary/aromatic N) is 4. The predicted molar refractivity (Wildman–Crippen MR) is 377 cm³/mol. The first-order chi connectivity index (χ1) is 47.5. The van der Waals surface area contributed by atoms with Gasteiger partial charge in [-0.3, -0.25) is 0 Å². The molecule has 0 radical (unpaired) electrons. The number of ether oxygens (including phenoxy) is 4. The van der Waals surface area contributed by atoms with Crippen molar-refractivity contribution in [2.75, 3.05) is 28.4 Å². The lowest BCUT2D eigenvalue weighted by molar-refractivity contribution is 0.274. The maximum atomic E-state index is 14.5. The third-order valence-corrected chi connectivity index (χ3v) is 21.9. The number of rotatable bonds is 16. The van der Waals surface area contributed by atoms with Crippen molar-refractivity contribution in [3.63, 3.8) is 0 Å². The Balaban J connectivity index is 0.000000156. The topological polar surface area (TPSA) is 129 Å². The van der Waals surface area contributed by atoms with E-state index in [0.29, 0.717) is 56.3 Å². The van der Waals surface area contributed by atoms with Gasteiger partial charge in [0.15, 0.2) is 0 Å². The highest BCUT2D eigenvalue weighted by Crippen LogP contribution is 2.56. The second-order valence-electron chi connectivity index (χ2n) is 29.3.